The van der Waals surface area contributed by atoms with Crippen molar-refractivity contribution >= 4 is 10.1 Å². The van der Waals surface area contributed by atoms with Crippen molar-refractivity contribution in [3.63, 3.8) is 0 Å². The summed E-state index contributed by atoms with van der Waals surface area (Å²) in [6.45, 7) is 0. The van der Waals surface area contributed by atoms with Crippen molar-refractivity contribution in [3.05, 3.63) is 0 Å². The second-order valence-electron chi connectivity index (χ2n) is 2.06. The molecule has 0 aliphatic carbocycles. The van der Waals surface area contributed by atoms with Crippen molar-refractivity contribution in [1.82, 2.24) is 0 Å². The van der Waals surface area contributed by atoms with E-state index in [0.717, 1.165) is 0 Å². The zero-order valence-electron chi connectivity index (χ0n) is 6.32. The van der Waals surface area contributed by atoms with Gasteiger partial charge in [0.25, 0.3) is 0 Å². The van der Waals surface area contributed by atoms with Crippen LogP contribution in [0.2, 0.25) is 0 Å². The van der Waals surface area contributed by atoms with Crippen LogP contribution in [0.1, 0.15) is 0 Å². The Kier molecular flexibility index (Phi) is 4.20. The van der Waals surface area contributed by atoms with Gasteiger partial charge in [0.1, 0.15) is 0 Å². The van der Waals surface area contributed by atoms with Crippen molar-refractivity contribution in [2.24, 2.45) is 0 Å². The molecule has 0 amide bonds. The molecule has 0 rings (SSSR count). The van der Waals surface area contributed by atoms with E-state index in [0.29, 0.717) is 0 Å². The molecule has 12 heteroatoms. The van der Waals surface area contributed by atoms with Crippen LogP contribution < -0.4 is 0 Å². The summed E-state index contributed by atoms with van der Waals surface area (Å²) in [6.07, 6.45) is -6.79. The first-order valence-electron chi connectivity index (χ1n) is 2.54. The van der Waals surface area contributed by atoms with E-state index in [1.54, 1.807) is 0 Å². The molecule has 15 heavy (non-hydrogen) atoms. The normalized spacial score (nSPS) is 14.7. The molecule has 4 nitrogen and oxygen atoms in total. The minimum absolute atomic E-state index is 0. The van der Waals surface area contributed by atoms with E-state index in [4.69, 9.17) is 4.55 Å². The van der Waals surface area contributed by atoms with Gasteiger partial charge < -0.3 is 5.48 Å². The van der Waals surface area contributed by atoms with Crippen LogP contribution in [0.3, 0.4) is 0 Å². The van der Waals surface area contributed by atoms with Crippen molar-refractivity contribution in [2.45, 2.75) is 17.4 Å². The molecular weight excluding hydrogens is 265 g/mol. The van der Waals surface area contributed by atoms with Crippen LogP contribution in [0.4, 0.5) is 30.7 Å². The molecule has 0 radical (unpaired) electrons. The first-order chi connectivity index (χ1) is 5.75. The Labute approximate surface area is 77.7 Å². The SMILES string of the molecule is O.O=S(=O)(O)C(F)(F)C(F)(F)C(F)(F)F. The maximum absolute atomic E-state index is 11.9. The second-order valence-corrected chi connectivity index (χ2v) is 3.53. The molecule has 94 valence electrons. The van der Waals surface area contributed by atoms with Crippen molar-refractivity contribution in [3.8, 4) is 0 Å². The first-order valence-corrected chi connectivity index (χ1v) is 3.98. The zero-order chi connectivity index (χ0) is 12.0. The van der Waals surface area contributed by atoms with Crippen molar-refractivity contribution in [2.75, 3.05) is 0 Å². The molecule has 0 heterocycles. The van der Waals surface area contributed by atoms with Crippen LogP contribution in [-0.2, 0) is 10.1 Å². The molecule has 0 aliphatic heterocycles. The van der Waals surface area contributed by atoms with Crippen molar-refractivity contribution < 1.29 is 49.2 Å². The Bertz CT molecular complexity index is 316. The van der Waals surface area contributed by atoms with Gasteiger partial charge in [-0.15, -0.1) is 0 Å². The van der Waals surface area contributed by atoms with E-state index in [1.807, 2.05) is 0 Å². The Morgan fingerprint density at radius 3 is 1.20 bits per heavy atom. The molecule has 0 atom stereocenters. The number of alkyl halides is 7. The predicted octanol–water partition coefficient (Wildman–Crippen LogP) is 0.840. The molecule has 0 saturated carbocycles. The maximum Gasteiger partial charge on any atom is 0.461 e. The standard InChI is InChI=1S/C3HF7O3S.H2O/c4-1(5,2(6,7)8)3(9,10)14(11,12)13;/h(H,11,12,13);1H2. The number of hydrogen-bond acceptors (Lipinski definition) is 2. The van der Waals surface area contributed by atoms with Crippen molar-refractivity contribution in [1.29, 1.82) is 0 Å². The molecule has 0 unspecified atom stereocenters. The van der Waals surface area contributed by atoms with Crippen LogP contribution in [0, 0.1) is 0 Å². The monoisotopic (exact) mass is 268 g/mol. The molecule has 0 aliphatic rings. The van der Waals surface area contributed by atoms with Crippen LogP contribution >= 0.6 is 0 Å². The third kappa shape index (κ3) is 2.49. The highest BCUT2D eigenvalue weighted by molar-refractivity contribution is 7.87. The summed E-state index contributed by atoms with van der Waals surface area (Å²) >= 11 is 0. The highest BCUT2D eigenvalue weighted by Crippen LogP contribution is 2.48. The first kappa shape index (κ1) is 16.8. The van der Waals surface area contributed by atoms with Crippen LogP contribution in [0.15, 0.2) is 0 Å². The van der Waals surface area contributed by atoms with Gasteiger partial charge in [-0.1, -0.05) is 0 Å². The molecule has 0 spiro atoms. The highest BCUT2D eigenvalue weighted by Gasteiger charge is 2.78. The summed E-state index contributed by atoms with van der Waals surface area (Å²) in [4.78, 5) is 0. The number of rotatable bonds is 2. The maximum atomic E-state index is 11.9. The average Bonchev–Trinajstić information content (AvgIpc) is 1.81. The smallest absolute Gasteiger partial charge is 0.412 e. The minimum Gasteiger partial charge on any atom is -0.412 e. The lowest BCUT2D eigenvalue weighted by atomic mass is 10.3. The lowest BCUT2D eigenvalue weighted by Crippen LogP contribution is -2.55. The van der Waals surface area contributed by atoms with Gasteiger partial charge in [-0.2, -0.15) is 39.2 Å². The Morgan fingerprint density at radius 1 is 0.867 bits per heavy atom. The predicted molar refractivity (Wildman–Crippen MR) is 31.1 cm³/mol. The van der Waals surface area contributed by atoms with Gasteiger partial charge in [-0.3, -0.25) is 4.55 Å². The molecule has 3 N–H and O–H groups in total. The van der Waals surface area contributed by atoms with Gasteiger partial charge in [-0.05, 0) is 0 Å². The molecule has 0 saturated heterocycles. The molecule has 0 bridgehead atoms. The van der Waals surface area contributed by atoms with Gasteiger partial charge in [0.05, 0.1) is 0 Å². The zero-order valence-corrected chi connectivity index (χ0v) is 7.13. The van der Waals surface area contributed by atoms with E-state index < -0.39 is 27.5 Å². The van der Waals surface area contributed by atoms with E-state index in [1.165, 1.54) is 0 Å². The van der Waals surface area contributed by atoms with Crippen LogP contribution in [-0.4, -0.2) is 35.8 Å². The van der Waals surface area contributed by atoms with Gasteiger partial charge in [0.15, 0.2) is 0 Å². The van der Waals surface area contributed by atoms with Gasteiger partial charge >= 0.3 is 27.5 Å². The molecular formula is C3H3F7O4S. The summed E-state index contributed by atoms with van der Waals surface area (Å²) < 4.78 is 108. The molecule has 0 aromatic heterocycles. The van der Waals surface area contributed by atoms with Gasteiger partial charge in [0, 0.05) is 0 Å². The summed E-state index contributed by atoms with van der Waals surface area (Å²) in [6, 6.07) is 0. The topological polar surface area (TPSA) is 85.9 Å². The van der Waals surface area contributed by atoms with Gasteiger partial charge in [-0.25, -0.2) is 0 Å². The Hall–Kier alpha value is -0.620. The molecule has 0 aromatic carbocycles. The Balaban J connectivity index is 0. The fraction of sp³-hybridized carbons (Fsp3) is 1.00. The largest absolute Gasteiger partial charge is 0.461 e. The highest BCUT2D eigenvalue weighted by atomic mass is 32.2. The Morgan fingerprint density at radius 2 is 1.13 bits per heavy atom. The molecule has 0 aromatic rings. The van der Waals surface area contributed by atoms with Crippen LogP contribution in [0.5, 0.6) is 0 Å². The van der Waals surface area contributed by atoms with E-state index in [2.05, 4.69) is 0 Å². The summed E-state index contributed by atoms with van der Waals surface area (Å²) in [5.74, 6) is -6.85. The summed E-state index contributed by atoms with van der Waals surface area (Å²) in [5, 5.41) is -6.61. The fourth-order valence-electron chi connectivity index (χ4n) is 0.327. The third-order valence-corrected chi connectivity index (χ3v) is 1.95. The van der Waals surface area contributed by atoms with Crippen LogP contribution in [0.25, 0.3) is 0 Å². The lowest BCUT2D eigenvalue weighted by molar-refractivity contribution is -0.333. The minimum atomic E-state index is -6.85. The van der Waals surface area contributed by atoms with Gasteiger partial charge in [0.2, 0.25) is 0 Å². The van der Waals surface area contributed by atoms with E-state index in [9.17, 15) is 39.2 Å². The quantitative estimate of drug-likeness (QED) is 0.594. The summed E-state index contributed by atoms with van der Waals surface area (Å²) in [7, 11) is -6.85. The fourth-order valence-corrected chi connectivity index (χ4v) is 0.767. The molecule has 0 fully saturated rings. The number of halogens is 7. The summed E-state index contributed by atoms with van der Waals surface area (Å²) in [5.41, 5.74) is 0. The second kappa shape index (κ2) is 3.75. The van der Waals surface area contributed by atoms with E-state index in [-0.39, 0.29) is 5.48 Å². The lowest BCUT2D eigenvalue weighted by Gasteiger charge is -2.25. The average molecular weight is 268 g/mol. The number of hydrogen-bond donors (Lipinski definition) is 1. The van der Waals surface area contributed by atoms with E-state index >= 15 is 0 Å². The third-order valence-electron chi connectivity index (χ3n) is 1.05.